The van der Waals surface area contributed by atoms with E-state index in [1.54, 1.807) is 6.07 Å². The number of nitrogens with zero attached hydrogens (tertiary/aromatic N) is 2. The van der Waals surface area contributed by atoms with Gasteiger partial charge in [-0.25, -0.2) is 0 Å². The molecule has 0 fully saturated rings. The Labute approximate surface area is 197 Å². The van der Waals surface area contributed by atoms with Crippen molar-refractivity contribution in [2.45, 2.75) is 5.54 Å². The molecule has 162 valence electrons. The summed E-state index contributed by atoms with van der Waals surface area (Å²) in [5, 5.41) is 18.6. The van der Waals surface area contributed by atoms with E-state index >= 15 is 0 Å². The summed E-state index contributed by atoms with van der Waals surface area (Å²) in [7, 11) is 0. The van der Waals surface area contributed by atoms with Gasteiger partial charge in [-0.15, -0.1) is 0 Å². The molecule has 0 saturated carbocycles. The predicted octanol–water partition coefficient (Wildman–Crippen LogP) is 4.75. The highest BCUT2D eigenvalue weighted by Crippen LogP contribution is 2.37. The Kier molecular flexibility index (Phi) is 6.14. The molecule has 4 aromatic rings. The maximum atomic E-state index is 13.5. The standard InChI is InChI=1S/C29H19N3O2/c30-18-20-11-14-22(15-12-20)27(33)28(34)25-16-13-21(19-31)17-26(25)29(32,23-7-3-1-4-8-23)24-9-5-2-6-10-24/h1-17H,32H2. The van der Waals surface area contributed by atoms with Gasteiger partial charge in [-0.3, -0.25) is 9.59 Å². The maximum absolute atomic E-state index is 13.5. The zero-order chi connectivity index (χ0) is 24.1. The average Bonchev–Trinajstić information content (AvgIpc) is 2.92. The van der Waals surface area contributed by atoms with Gasteiger partial charge in [-0.1, -0.05) is 60.7 Å². The molecule has 0 aliphatic carbocycles. The van der Waals surface area contributed by atoms with Crippen LogP contribution in [0.1, 0.15) is 48.5 Å². The summed E-state index contributed by atoms with van der Waals surface area (Å²) < 4.78 is 0. The number of nitriles is 2. The number of carbonyl (C=O) groups excluding carboxylic acids is 2. The molecule has 0 aliphatic rings. The normalized spacial score (nSPS) is 10.7. The van der Waals surface area contributed by atoms with Crippen molar-refractivity contribution >= 4 is 11.6 Å². The van der Waals surface area contributed by atoms with Crippen LogP contribution in [0.5, 0.6) is 0 Å². The summed E-state index contributed by atoms with van der Waals surface area (Å²) in [6.07, 6.45) is 0. The Morgan fingerprint density at radius 1 is 0.647 bits per heavy atom. The fraction of sp³-hybridized carbons (Fsp3) is 0.0345. The first-order valence-corrected chi connectivity index (χ1v) is 10.5. The Morgan fingerprint density at radius 2 is 1.15 bits per heavy atom. The Morgan fingerprint density at radius 3 is 1.65 bits per heavy atom. The van der Waals surface area contributed by atoms with Crippen LogP contribution in [-0.2, 0) is 5.54 Å². The fourth-order valence-corrected chi connectivity index (χ4v) is 3.97. The first-order valence-electron chi connectivity index (χ1n) is 10.5. The van der Waals surface area contributed by atoms with Gasteiger partial charge in [-0.05, 0) is 59.2 Å². The van der Waals surface area contributed by atoms with Crippen LogP contribution < -0.4 is 5.73 Å². The molecule has 34 heavy (non-hydrogen) atoms. The van der Waals surface area contributed by atoms with E-state index in [-0.39, 0.29) is 11.1 Å². The number of rotatable bonds is 6. The van der Waals surface area contributed by atoms with E-state index in [9.17, 15) is 14.9 Å². The Bertz CT molecular complexity index is 1410. The smallest absolute Gasteiger partial charge is 0.233 e. The van der Waals surface area contributed by atoms with Crippen molar-refractivity contribution in [3.05, 3.63) is 142 Å². The number of Topliss-reactive ketones (excluding diaryl/α,β-unsaturated/α-hetero) is 2. The molecule has 5 nitrogen and oxygen atoms in total. The van der Waals surface area contributed by atoms with Crippen molar-refractivity contribution in [1.29, 1.82) is 10.5 Å². The van der Waals surface area contributed by atoms with Gasteiger partial charge < -0.3 is 5.73 Å². The molecule has 5 heteroatoms. The average molecular weight is 441 g/mol. The van der Waals surface area contributed by atoms with Crippen LogP contribution >= 0.6 is 0 Å². The van der Waals surface area contributed by atoms with Crippen molar-refractivity contribution in [2.24, 2.45) is 5.73 Å². The topological polar surface area (TPSA) is 108 Å². The largest absolute Gasteiger partial charge is 0.314 e. The quantitative estimate of drug-likeness (QED) is 0.264. The lowest BCUT2D eigenvalue weighted by Crippen LogP contribution is -2.41. The van der Waals surface area contributed by atoms with Gasteiger partial charge in [0, 0.05) is 11.1 Å². The van der Waals surface area contributed by atoms with Gasteiger partial charge in [0.25, 0.3) is 0 Å². The number of nitrogens with two attached hydrogens (primary N) is 1. The molecular weight excluding hydrogens is 422 g/mol. The molecular formula is C29H19N3O2. The monoisotopic (exact) mass is 441 g/mol. The second kappa shape index (κ2) is 9.34. The molecule has 0 unspecified atom stereocenters. The molecule has 0 aliphatic heterocycles. The van der Waals surface area contributed by atoms with E-state index in [4.69, 9.17) is 11.0 Å². The second-order valence-corrected chi connectivity index (χ2v) is 7.76. The summed E-state index contributed by atoms with van der Waals surface area (Å²) in [6, 6.07) is 33.0. The predicted molar refractivity (Wildman–Crippen MR) is 128 cm³/mol. The highest BCUT2D eigenvalue weighted by Gasteiger charge is 2.36. The molecule has 0 heterocycles. The van der Waals surface area contributed by atoms with Crippen LogP contribution in [-0.4, -0.2) is 11.6 Å². The summed E-state index contributed by atoms with van der Waals surface area (Å²) in [5.41, 5.74) is 8.55. The Balaban J connectivity index is 1.93. The summed E-state index contributed by atoms with van der Waals surface area (Å²) >= 11 is 0. The zero-order valence-electron chi connectivity index (χ0n) is 18.1. The van der Waals surface area contributed by atoms with Crippen molar-refractivity contribution in [3.63, 3.8) is 0 Å². The lowest BCUT2D eigenvalue weighted by Gasteiger charge is -2.33. The minimum Gasteiger partial charge on any atom is -0.314 e. The molecule has 0 atom stereocenters. The van der Waals surface area contributed by atoms with Crippen LogP contribution in [0, 0.1) is 22.7 Å². The minimum atomic E-state index is -1.30. The number of benzene rings is 4. The molecule has 0 amide bonds. The van der Waals surface area contributed by atoms with Crippen molar-refractivity contribution < 1.29 is 9.59 Å². The van der Waals surface area contributed by atoms with Gasteiger partial charge in [0.1, 0.15) is 0 Å². The van der Waals surface area contributed by atoms with E-state index in [1.165, 1.54) is 36.4 Å². The molecule has 4 aromatic carbocycles. The third-order valence-electron chi connectivity index (χ3n) is 5.76. The lowest BCUT2D eigenvalue weighted by molar-refractivity contribution is 0.0816. The van der Waals surface area contributed by atoms with Crippen molar-refractivity contribution in [3.8, 4) is 12.1 Å². The van der Waals surface area contributed by atoms with Crippen LogP contribution in [0.25, 0.3) is 0 Å². The third-order valence-corrected chi connectivity index (χ3v) is 5.76. The Hall–Kier alpha value is -4.84. The van der Waals surface area contributed by atoms with Gasteiger partial charge in [0.05, 0.1) is 28.8 Å². The van der Waals surface area contributed by atoms with E-state index in [2.05, 4.69) is 6.07 Å². The summed E-state index contributed by atoms with van der Waals surface area (Å²) in [5.74, 6) is -1.47. The van der Waals surface area contributed by atoms with Crippen LogP contribution in [0.15, 0.2) is 103 Å². The van der Waals surface area contributed by atoms with Gasteiger partial charge in [0.2, 0.25) is 11.6 Å². The van der Waals surface area contributed by atoms with E-state index < -0.39 is 17.1 Å². The molecule has 0 bridgehead atoms. The zero-order valence-corrected chi connectivity index (χ0v) is 18.1. The van der Waals surface area contributed by atoms with Crippen LogP contribution in [0.3, 0.4) is 0 Å². The first kappa shape index (κ1) is 22.4. The van der Waals surface area contributed by atoms with Crippen LogP contribution in [0.4, 0.5) is 0 Å². The maximum Gasteiger partial charge on any atom is 0.233 e. The minimum absolute atomic E-state index is 0.114. The van der Waals surface area contributed by atoms with E-state index in [0.29, 0.717) is 27.8 Å². The summed E-state index contributed by atoms with van der Waals surface area (Å²) in [6.45, 7) is 0. The van der Waals surface area contributed by atoms with Crippen LogP contribution in [0.2, 0.25) is 0 Å². The number of carbonyl (C=O) groups is 2. The van der Waals surface area contributed by atoms with E-state index in [1.807, 2.05) is 66.7 Å². The lowest BCUT2D eigenvalue weighted by atomic mass is 9.74. The SMILES string of the molecule is N#Cc1ccc(C(=O)C(=O)c2ccc(C#N)cc2C(N)(c2ccccc2)c2ccccc2)cc1. The van der Waals surface area contributed by atoms with E-state index in [0.717, 1.165) is 0 Å². The molecule has 0 spiro atoms. The fourth-order valence-electron chi connectivity index (χ4n) is 3.97. The van der Waals surface area contributed by atoms with Crippen molar-refractivity contribution in [2.75, 3.05) is 0 Å². The highest BCUT2D eigenvalue weighted by atomic mass is 16.2. The highest BCUT2D eigenvalue weighted by molar-refractivity contribution is 6.49. The molecule has 4 rings (SSSR count). The first-order chi connectivity index (χ1) is 16.5. The number of hydrogen-bond donors (Lipinski definition) is 1. The van der Waals surface area contributed by atoms with Gasteiger partial charge in [-0.2, -0.15) is 10.5 Å². The number of hydrogen-bond acceptors (Lipinski definition) is 5. The number of ketones is 2. The third kappa shape index (κ3) is 4.00. The molecule has 0 radical (unpaired) electrons. The van der Waals surface area contributed by atoms with Crippen molar-refractivity contribution in [1.82, 2.24) is 0 Å². The van der Waals surface area contributed by atoms with Gasteiger partial charge in [0.15, 0.2) is 0 Å². The summed E-state index contributed by atoms with van der Waals surface area (Å²) in [4.78, 5) is 26.6. The van der Waals surface area contributed by atoms with Gasteiger partial charge >= 0.3 is 0 Å². The molecule has 0 saturated heterocycles. The molecule has 2 N–H and O–H groups in total. The molecule has 0 aromatic heterocycles. The second-order valence-electron chi connectivity index (χ2n) is 7.76.